The number of ether oxygens (including phenoxy) is 1. The smallest absolute Gasteiger partial charge is 0.237 e. The Morgan fingerprint density at radius 1 is 1.18 bits per heavy atom. The number of amides is 1. The number of nitrogen functional groups attached to an aromatic ring is 1. The molecule has 1 unspecified atom stereocenters. The number of rotatable bonds is 6. The van der Waals surface area contributed by atoms with Gasteiger partial charge in [0.15, 0.2) is 5.82 Å². The fraction of sp³-hybridized carbons (Fsp3) is 0.250. The van der Waals surface area contributed by atoms with Crippen LogP contribution in [0, 0.1) is 13.8 Å². The number of thioether (sulfide) groups is 1. The molecule has 0 fully saturated rings. The highest BCUT2D eigenvalue weighted by Gasteiger charge is 2.20. The van der Waals surface area contributed by atoms with E-state index in [1.807, 2.05) is 63.2 Å². The summed E-state index contributed by atoms with van der Waals surface area (Å²) in [5.74, 6) is 7.30. The fourth-order valence-corrected chi connectivity index (χ4v) is 3.46. The molecule has 0 aliphatic rings. The first kappa shape index (κ1) is 19.8. The first-order valence-corrected chi connectivity index (χ1v) is 9.66. The second kappa shape index (κ2) is 8.35. The Hall–Kier alpha value is -3.00. The molecule has 0 bridgehead atoms. The van der Waals surface area contributed by atoms with Crippen LogP contribution < -0.4 is 15.9 Å². The standard InChI is InChI=1S/C20H23N5O2S/c1-12-5-10-17(13(2)11-12)22-19(26)14(3)28-20-24-23-18(25(20)21)15-6-8-16(27-4)9-7-15/h5-11,14H,21H2,1-4H3,(H,22,26). The van der Waals surface area contributed by atoms with E-state index in [2.05, 4.69) is 15.5 Å². The first-order valence-electron chi connectivity index (χ1n) is 8.78. The lowest BCUT2D eigenvalue weighted by molar-refractivity contribution is -0.115. The van der Waals surface area contributed by atoms with Crippen LogP contribution in [0.1, 0.15) is 18.1 Å². The van der Waals surface area contributed by atoms with Gasteiger partial charge in [-0.25, -0.2) is 4.68 Å². The number of nitrogens with one attached hydrogen (secondary N) is 1. The number of carbonyl (C=O) groups excluding carboxylic acids is 1. The zero-order valence-corrected chi connectivity index (χ0v) is 17.1. The zero-order chi connectivity index (χ0) is 20.3. The van der Waals surface area contributed by atoms with Crippen LogP contribution in [0.25, 0.3) is 11.4 Å². The van der Waals surface area contributed by atoms with Gasteiger partial charge in [0.25, 0.3) is 0 Å². The van der Waals surface area contributed by atoms with Gasteiger partial charge in [0.2, 0.25) is 11.1 Å². The lowest BCUT2D eigenvalue weighted by Crippen LogP contribution is -2.24. The number of methoxy groups -OCH3 is 1. The Kier molecular flexibility index (Phi) is 5.89. The van der Waals surface area contributed by atoms with Gasteiger partial charge in [-0.2, -0.15) is 0 Å². The number of carbonyl (C=O) groups is 1. The Morgan fingerprint density at radius 2 is 1.89 bits per heavy atom. The highest BCUT2D eigenvalue weighted by atomic mass is 32.2. The summed E-state index contributed by atoms with van der Waals surface area (Å²) in [6.07, 6.45) is 0. The molecular formula is C20H23N5O2S. The van der Waals surface area contributed by atoms with Gasteiger partial charge in [-0.05, 0) is 56.7 Å². The summed E-state index contributed by atoms with van der Waals surface area (Å²) in [7, 11) is 1.61. The van der Waals surface area contributed by atoms with E-state index in [4.69, 9.17) is 10.6 Å². The Bertz CT molecular complexity index is 985. The first-order chi connectivity index (χ1) is 13.4. The Morgan fingerprint density at radius 3 is 2.54 bits per heavy atom. The molecule has 28 heavy (non-hydrogen) atoms. The van der Waals surface area contributed by atoms with Crippen molar-refractivity contribution in [2.24, 2.45) is 0 Å². The van der Waals surface area contributed by atoms with Crippen LogP contribution in [0.15, 0.2) is 47.6 Å². The van der Waals surface area contributed by atoms with E-state index in [1.165, 1.54) is 16.4 Å². The molecule has 8 heteroatoms. The van der Waals surface area contributed by atoms with E-state index in [0.29, 0.717) is 11.0 Å². The lowest BCUT2D eigenvalue weighted by atomic mass is 10.1. The van der Waals surface area contributed by atoms with Crippen molar-refractivity contribution in [2.75, 3.05) is 18.3 Å². The molecule has 0 aliphatic carbocycles. The van der Waals surface area contributed by atoms with Gasteiger partial charge in [-0.1, -0.05) is 29.5 Å². The molecule has 3 rings (SSSR count). The van der Waals surface area contributed by atoms with Gasteiger partial charge < -0.3 is 15.9 Å². The molecule has 1 atom stereocenters. The van der Waals surface area contributed by atoms with Crippen LogP contribution in [0.5, 0.6) is 5.75 Å². The van der Waals surface area contributed by atoms with Gasteiger partial charge >= 0.3 is 0 Å². The van der Waals surface area contributed by atoms with Crippen LogP contribution in [0.4, 0.5) is 5.69 Å². The number of anilines is 1. The van der Waals surface area contributed by atoms with E-state index in [1.54, 1.807) is 7.11 Å². The summed E-state index contributed by atoms with van der Waals surface area (Å²) in [5.41, 5.74) is 3.79. The average Bonchev–Trinajstić information content (AvgIpc) is 3.04. The number of aromatic nitrogens is 3. The van der Waals surface area contributed by atoms with Crippen molar-refractivity contribution in [1.82, 2.24) is 14.9 Å². The molecule has 1 aromatic heterocycles. The predicted octanol–water partition coefficient (Wildman–Crippen LogP) is 3.40. The minimum absolute atomic E-state index is 0.119. The van der Waals surface area contributed by atoms with E-state index < -0.39 is 5.25 Å². The molecule has 7 nitrogen and oxygen atoms in total. The van der Waals surface area contributed by atoms with E-state index in [0.717, 1.165) is 28.1 Å². The third-order valence-electron chi connectivity index (χ3n) is 4.30. The molecule has 3 aromatic rings. The highest BCUT2D eigenvalue weighted by molar-refractivity contribution is 8.00. The van der Waals surface area contributed by atoms with E-state index >= 15 is 0 Å². The van der Waals surface area contributed by atoms with Gasteiger partial charge in [-0.15, -0.1) is 10.2 Å². The molecular weight excluding hydrogens is 374 g/mol. The number of nitrogens with zero attached hydrogens (tertiary/aromatic N) is 3. The van der Waals surface area contributed by atoms with E-state index in [9.17, 15) is 4.79 Å². The summed E-state index contributed by atoms with van der Waals surface area (Å²) in [5, 5.41) is 11.3. The van der Waals surface area contributed by atoms with Crippen molar-refractivity contribution in [3.63, 3.8) is 0 Å². The maximum absolute atomic E-state index is 12.6. The SMILES string of the molecule is COc1ccc(-c2nnc(SC(C)C(=O)Nc3ccc(C)cc3C)n2N)cc1. The predicted molar refractivity (Wildman–Crippen MR) is 112 cm³/mol. The Balaban J connectivity index is 1.70. The molecule has 0 saturated carbocycles. The molecule has 0 saturated heterocycles. The third-order valence-corrected chi connectivity index (χ3v) is 5.36. The molecule has 1 amide bonds. The lowest BCUT2D eigenvalue weighted by Gasteiger charge is -2.13. The number of aryl methyl sites for hydroxylation is 2. The van der Waals surface area contributed by atoms with Crippen molar-refractivity contribution >= 4 is 23.4 Å². The number of hydrogen-bond acceptors (Lipinski definition) is 6. The molecule has 0 aliphatic heterocycles. The van der Waals surface area contributed by atoms with Gasteiger partial charge in [0.05, 0.1) is 12.4 Å². The highest BCUT2D eigenvalue weighted by Crippen LogP contribution is 2.27. The minimum Gasteiger partial charge on any atom is -0.497 e. The Labute approximate surface area is 168 Å². The second-order valence-corrected chi connectivity index (χ2v) is 7.78. The second-order valence-electron chi connectivity index (χ2n) is 6.47. The number of hydrogen-bond donors (Lipinski definition) is 2. The van der Waals surface area contributed by atoms with Crippen molar-refractivity contribution in [3.8, 4) is 17.1 Å². The summed E-state index contributed by atoms with van der Waals surface area (Å²) in [4.78, 5) is 12.6. The van der Waals surface area contributed by atoms with Crippen LogP contribution in [-0.4, -0.2) is 33.1 Å². The maximum atomic E-state index is 12.6. The molecule has 146 valence electrons. The summed E-state index contributed by atoms with van der Waals surface area (Å²) >= 11 is 1.26. The summed E-state index contributed by atoms with van der Waals surface area (Å²) < 4.78 is 6.56. The van der Waals surface area contributed by atoms with Gasteiger partial charge in [0, 0.05) is 11.3 Å². The molecule has 3 N–H and O–H groups in total. The maximum Gasteiger partial charge on any atom is 0.237 e. The molecule has 1 heterocycles. The van der Waals surface area contributed by atoms with Crippen LogP contribution in [0.3, 0.4) is 0 Å². The molecule has 0 spiro atoms. The van der Waals surface area contributed by atoms with E-state index in [-0.39, 0.29) is 5.91 Å². The number of nitrogens with two attached hydrogens (primary N) is 1. The van der Waals surface area contributed by atoms with Gasteiger partial charge in [-0.3, -0.25) is 4.79 Å². The average molecular weight is 398 g/mol. The fourth-order valence-electron chi connectivity index (χ4n) is 2.69. The normalized spacial score (nSPS) is 11.9. The number of benzene rings is 2. The zero-order valence-electron chi connectivity index (χ0n) is 16.3. The van der Waals surface area contributed by atoms with Crippen LogP contribution >= 0.6 is 11.8 Å². The topological polar surface area (TPSA) is 95.1 Å². The van der Waals surface area contributed by atoms with Gasteiger partial charge in [0.1, 0.15) is 5.75 Å². The molecule has 0 radical (unpaired) electrons. The monoisotopic (exact) mass is 397 g/mol. The summed E-state index contributed by atoms with van der Waals surface area (Å²) in [6.45, 7) is 5.80. The van der Waals surface area contributed by atoms with Crippen molar-refractivity contribution in [1.29, 1.82) is 0 Å². The minimum atomic E-state index is -0.393. The summed E-state index contributed by atoms with van der Waals surface area (Å²) in [6, 6.07) is 13.3. The largest absolute Gasteiger partial charge is 0.497 e. The van der Waals surface area contributed by atoms with Crippen molar-refractivity contribution in [2.45, 2.75) is 31.2 Å². The molecule has 2 aromatic carbocycles. The third kappa shape index (κ3) is 4.28. The van der Waals surface area contributed by atoms with Crippen LogP contribution in [-0.2, 0) is 4.79 Å². The van der Waals surface area contributed by atoms with Crippen molar-refractivity contribution < 1.29 is 9.53 Å². The van der Waals surface area contributed by atoms with Crippen LogP contribution in [0.2, 0.25) is 0 Å². The quantitative estimate of drug-likeness (QED) is 0.489. The van der Waals surface area contributed by atoms with Crippen molar-refractivity contribution in [3.05, 3.63) is 53.6 Å².